The van der Waals surface area contributed by atoms with E-state index in [0.717, 1.165) is 37.6 Å². The molecule has 0 atom stereocenters. The third-order valence-corrected chi connectivity index (χ3v) is 5.93. The molecule has 0 fully saturated rings. The van der Waals surface area contributed by atoms with Crippen LogP contribution in [0.25, 0.3) is 0 Å². The number of hydrogen-bond donors (Lipinski definition) is 2. The second-order valence-corrected chi connectivity index (χ2v) is 9.45. The number of benzene rings is 2. The Morgan fingerprint density at radius 2 is 1.68 bits per heavy atom. The molecule has 0 aliphatic carbocycles. The third-order valence-electron chi connectivity index (χ3n) is 4.81. The fraction of sp³-hybridized carbons (Fsp3) is 0.435. The van der Waals surface area contributed by atoms with Crippen molar-refractivity contribution in [3.8, 4) is 0 Å². The van der Waals surface area contributed by atoms with Crippen molar-refractivity contribution in [3.05, 3.63) is 65.2 Å². The summed E-state index contributed by atoms with van der Waals surface area (Å²) in [5.74, 6) is 0.779. The highest BCUT2D eigenvalue weighted by molar-refractivity contribution is 14.0. The molecule has 0 spiro atoms. The van der Waals surface area contributed by atoms with Crippen molar-refractivity contribution < 1.29 is 8.42 Å². The third kappa shape index (κ3) is 10.0. The number of halogens is 1. The Morgan fingerprint density at radius 1 is 1.00 bits per heavy atom. The first-order valence-corrected chi connectivity index (χ1v) is 12.3. The van der Waals surface area contributed by atoms with Crippen molar-refractivity contribution in [1.82, 2.24) is 15.5 Å². The van der Waals surface area contributed by atoms with E-state index in [-0.39, 0.29) is 24.0 Å². The Labute approximate surface area is 204 Å². The van der Waals surface area contributed by atoms with E-state index in [4.69, 9.17) is 4.99 Å². The van der Waals surface area contributed by atoms with Gasteiger partial charge in [0.25, 0.3) is 0 Å². The molecule has 0 aromatic heterocycles. The topological polar surface area (TPSA) is 73.8 Å². The van der Waals surface area contributed by atoms with Crippen LogP contribution in [0.1, 0.15) is 30.5 Å². The Bertz CT molecular complexity index is 931. The molecule has 0 saturated carbocycles. The largest absolute Gasteiger partial charge is 0.357 e. The number of guanidine groups is 1. The van der Waals surface area contributed by atoms with Crippen LogP contribution in [0.4, 0.5) is 0 Å². The summed E-state index contributed by atoms with van der Waals surface area (Å²) in [6, 6.07) is 15.6. The van der Waals surface area contributed by atoms with Crippen LogP contribution in [0.2, 0.25) is 0 Å². The minimum absolute atomic E-state index is 0. The highest BCUT2D eigenvalue weighted by atomic mass is 127. The maximum absolute atomic E-state index is 11.6. The summed E-state index contributed by atoms with van der Waals surface area (Å²) >= 11 is 0. The summed E-state index contributed by atoms with van der Waals surface area (Å²) in [4.78, 5) is 7.33. The average Bonchev–Trinajstić information content (AvgIpc) is 2.72. The first-order chi connectivity index (χ1) is 14.3. The van der Waals surface area contributed by atoms with E-state index in [2.05, 4.69) is 53.8 Å². The van der Waals surface area contributed by atoms with E-state index in [1.54, 1.807) is 12.1 Å². The zero-order valence-electron chi connectivity index (χ0n) is 18.9. The molecule has 0 aliphatic heterocycles. The lowest BCUT2D eigenvalue weighted by Crippen LogP contribution is -2.38. The van der Waals surface area contributed by atoms with Gasteiger partial charge in [0.05, 0.1) is 11.4 Å². The number of nitrogens with one attached hydrogen (secondary N) is 2. The van der Waals surface area contributed by atoms with Gasteiger partial charge >= 0.3 is 0 Å². The van der Waals surface area contributed by atoms with Crippen molar-refractivity contribution in [1.29, 1.82) is 0 Å². The predicted octanol–water partition coefficient (Wildman–Crippen LogP) is 3.46. The molecule has 0 bridgehead atoms. The molecule has 31 heavy (non-hydrogen) atoms. The van der Waals surface area contributed by atoms with Crippen molar-refractivity contribution in [3.63, 3.8) is 0 Å². The minimum atomic E-state index is -3.15. The van der Waals surface area contributed by atoms with Gasteiger partial charge in [-0.15, -0.1) is 24.0 Å². The van der Waals surface area contributed by atoms with E-state index in [1.165, 1.54) is 17.4 Å². The second-order valence-electron chi connectivity index (χ2n) is 7.44. The van der Waals surface area contributed by atoms with Crippen LogP contribution in [-0.2, 0) is 29.3 Å². The van der Waals surface area contributed by atoms with Crippen LogP contribution >= 0.6 is 24.0 Å². The molecule has 2 aromatic rings. The normalized spacial score (nSPS) is 11.8. The molecule has 0 radical (unpaired) electrons. The van der Waals surface area contributed by atoms with Crippen molar-refractivity contribution in [2.24, 2.45) is 4.99 Å². The fourth-order valence-corrected chi connectivity index (χ4v) is 3.62. The molecule has 2 N–H and O–H groups in total. The van der Waals surface area contributed by atoms with Crippen LogP contribution < -0.4 is 10.6 Å². The molecular weight excluding hydrogens is 523 g/mol. The molecule has 0 unspecified atom stereocenters. The monoisotopic (exact) mass is 558 g/mol. The maximum Gasteiger partial charge on any atom is 0.191 e. The SMILES string of the molecule is CCNC(=NCc1cccc(CN(C)CC)c1)NCCc1ccc(S(C)(=O)=O)cc1.I. The quantitative estimate of drug-likeness (QED) is 0.266. The molecule has 172 valence electrons. The van der Waals surface area contributed by atoms with E-state index in [9.17, 15) is 8.42 Å². The van der Waals surface area contributed by atoms with E-state index in [0.29, 0.717) is 18.0 Å². The molecule has 2 rings (SSSR count). The van der Waals surface area contributed by atoms with Gasteiger partial charge in [-0.25, -0.2) is 13.4 Å². The molecule has 0 heterocycles. The summed E-state index contributed by atoms with van der Waals surface area (Å²) in [6.45, 7) is 8.27. The van der Waals surface area contributed by atoms with Gasteiger partial charge in [-0.3, -0.25) is 0 Å². The van der Waals surface area contributed by atoms with Crippen molar-refractivity contribution in [2.45, 2.75) is 38.3 Å². The highest BCUT2D eigenvalue weighted by Gasteiger charge is 2.06. The standard InChI is InChI=1S/C23H34N4O2S.HI/c1-5-24-23(25-15-14-19-10-12-22(13-11-19)30(4,28)29)26-17-20-8-7-9-21(16-20)18-27(3)6-2;/h7-13,16H,5-6,14-15,17-18H2,1-4H3,(H2,24,25,26);1H. The molecule has 8 heteroatoms. The summed E-state index contributed by atoms with van der Waals surface area (Å²) in [6.07, 6.45) is 2.01. The summed E-state index contributed by atoms with van der Waals surface area (Å²) in [5.41, 5.74) is 3.56. The highest BCUT2D eigenvalue weighted by Crippen LogP contribution is 2.11. The Balaban J connectivity index is 0.00000480. The van der Waals surface area contributed by atoms with Crippen LogP contribution in [-0.4, -0.2) is 52.2 Å². The number of hydrogen-bond acceptors (Lipinski definition) is 4. The molecular formula is C23H35IN4O2S. The van der Waals surface area contributed by atoms with Crippen LogP contribution in [0.15, 0.2) is 58.4 Å². The lowest BCUT2D eigenvalue weighted by atomic mass is 10.1. The molecule has 0 aliphatic rings. The van der Waals surface area contributed by atoms with E-state index < -0.39 is 9.84 Å². The zero-order valence-corrected chi connectivity index (χ0v) is 22.0. The smallest absolute Gasteiger partial charge is 0.191 e. The van der Waals surface area contributed by atoms with Gasteiger partial charge in [0.15, 0.2) is 15.8 Å². The maximum atomic E-state index is 11.6. The fourth-order valence-electron chi connectivity index (χ4n) is 2.99. The number of aliphatic imine (C=N–C) groups is 1. The van der Waals surface area contributed by atoms with Gasteiger partial charge < -0.3 is 15.5 Å². The van der Waals surface area contributed by atoms with Gasteiger partial charge in [-0.2, -0.15) is 0 Å². The summed E-state index contributed by atoms with van der Waals surface area (Å²) < 4.78 is 23.1. The molecule has 0 amide bonds. The predicted molar refractivity (Wildman–Crippen MR) is 140 cm³/mol. The van der Waals surface area contributed by atoms with Crippen LogP contribution in [0.3, 0.4) is 0 Å². The second kappa shape index (κ2) is 13.7. The Morgan fingerprint density at radius 3 is 2.29 bits per heavy atom. The Kier molecular flexibility index (Phi) is 12.1. The molecule has 0 saturated heterocycles. The van der Waals surface area contributed by atoms with E-state index >= 15 is 0 Å². The Hall–Kier alpha value is -1.65. The summed E-state index contributed by atoms with van der Waals surface area (Å²) in [5, 5.41) is 6.63. The van der Waals surface area contributed by atoms with Gasteiger partial charge in [-0.05, 0) is 55.8 Å². The lowest BCUT2D eigenvalue weighted by Gasteiger charge is -2.14. The van der Waals surface area contributed by atoms with Gasteiger partial charge in [0.2, 0.25) is 0 Å². The lowest BCUT2D eigenvalue weighted by molar-refractivity contribution is 0.345. The van der Waals surface area contributed by atoms with Gasteiger partial charge in [0, 0.05) is 25.9 Å². The first kappa shape index (κ1) is 27.4. The minimum Gasteiger partial charge on any atom is -0.357 e. The van der Waals surface area contributed by atoms with E-state index in [1.807, 2.05) is 19.1 Å². The van der Waals surface area contributed by atoms with Crippen LogP contribution in [0, 0.1) is 0 Å². The number of sulfone groups is 1. The van der Waals surface area contributed by atoms with Crippen molar-refractivity contribution >= 4 is 39.8 Å². The van der Waals surface area contributed by atoms with Crippen molar-refractivity contribution in [2.75, 3.05) is 32.9 Å². The zero-order chi connectivity index (χ0) is 22.0. The van der Waals surface area contributed by atoms with Gasteiger partial charge in [-0.1, -0.05) is 43.3 Å². The number of rotatable bonds is 10. The van der Waals surface area contributed by atoms with Gasteiger partial charge in [0.1, 0.15) is 0 Å². The van der Waals surface area contributed by atoms with Crippen LogP contribution in [0.5, 0.6) is 0 Å². The molecule has 2 aromatic carbocycles. The number of nitrogens with zero attached hydrogens (tertiary/aromatic N) is 2. The average molecular weight is 559 g/mol. The molecule has 6 nitrogen and oxygen atoms in total. The first-order valence-electron chi connectivity index (χ1n) is 10.4. The summed E-state index contributed by atoms with van der Waals surface area (Å²) in [7, 11) is -1.04.